The highest BCUT2D eigenvalue weighted by Crippen LogP contribution is 2.58. The molecule has 0 radical (unpaired) electrons. The number of ketones is 1. The van der Waals surface area contributed by atoms with Crippen LogP contribution in [0.15, 0.2) is 54.7 Å². The van der Waals surface area contributed by atoms with E-state index in [1.54, 1.807) is 12.1 Å². The van der Waals surface area contributed by atoms with Gasteiger partial charge >= 0.3 is 6.18 Å². The Balaban J connectivity index is 1.37. The number of halogens is 6. The number of fused-ring (bicyclic) bond motifs is 3. The van der Waals surface area contributed by atoms with Crippen molar-refractivity contribution in [1.29, 1.82) is 0 Å². The molecule has 8 nitrogen and oxygen atoms in total. The maximum Gasteiger partial charge on any atom is 0.435 e. The number of rotatable bonds is 9. The summed E-state index contributed by atoms with van der Waals surface area (Å²) in [6, 6.07) is 8.49. The number of carbonyl (C=O) groups excluding carboxylic acids is 2. The smallest absolute Gasteiger partial charge is 0.377 e. The van der Waals surface area contributed by atoms with E-state index in [1.165, 1.54) is 18.3 Å². The number of aliphatic hydroxyl groups excluding tert-OH is 1. The van der Waals surface area contributed by atoms with Crippen molar-refractivity contribution < 1.29 is 41.0 Å². The van der Waals surface area contributed by atoms with Crippen molar-refractivity contribution in [2.24, 2.45) is 11.7 Å². The fourth-order valence-corrected chi connectivity index (χ4v) is 5.88. The normalized spacial score (nSPS) is 18.6. The Morgan fingerprint density at radius 2 is 1.82 bits per heavy atom. The molecule has 2 aliphatic rings. The Hall–Kier alpha value is -4.56. The van der Waals surface area contributed by atoms with Gasteiger partial charge in [-0.3, -0.25) is 24.6 Å². The van der Waals surface area contributed by atoms with Crippen LogP contribution in [0, 0.1) is 23.4 Å². The standard InChI is InChI=1S/C30H23F6N5O3/c31-15-6-13(7-16(32)10-15)8-22(25-17(2-1-5-38-25)14-3-4-21(33)20(9-14)29(37)44)39-23(42)12-41-26-24(18-11-19(18)27(26)43)28(40-41)30(34,35)36/h1-7,9-10,18-19,22-23,39,42H,8,11-12H2,(H2,37,44)/t18?,19?,22-,23?/m0/s1. The van der Waals surface area contributed by atoms with Crippen molar-refractivity contribution in [3.8, 4) is 11.1 Å². The van der Waals surface area contributed by atoms with E-state index in [9.17, 15) is 41.0 Å². The van der Waals surface area contributed by atoms with E-state index < -0.39 is 77.2 Å². The largest absolute Gasteiger partial charge is 0.435 e. The first-order valence-electron chi connectivity index (χ1n) is 13.5. The summed E-state index contributed by atoms with van der Waals surface area (Å²) in [4.78, 5) is 28.9. The van der Waals surface area contributed by atoms with Crippen LogP contribution in [0.3, 0.4) is 0 Å². The molecule has 0 saturated heterocycles. The van der Waals surface area contributed by atoms with Gasteiger partial charge in [0.1, 0.15) is 29.4 Å². The fourth-order valence-electron chi connectivity index (χ4n) is 5.88. The maximum atomic E-state index is 14.2. The Morgan fingerprint density at radius 1 is 1.09 bits per heavy atom. The molecule has 6 rings (SSSR count). The zero-order valence-corrected chi connectivity index (χ0v) is 22.6. The molecule has 1 amide bonds. The predicted molar refractivity (Wildman–Crippen MR) is 143 cm³/mol. The van der Waals surface area contributed by atoms with Crippen molar-refractivity contribution in [2.45, 2.75) is 43.8 Å². The van der Waals surface area contributed by atoms with Gasteiger partial charge in [0.25, 0.3) is 5.91 Å². The van der Waals surface area contributed by atoms with Gasteiger partial charge < -0.3 is 10.8 Å². The molecule has 0 bridgehead atoms. The summed E-state index contributed by atoms with van der Waals surface area (Å²) in [6.45, 7) is -0.567. The van der Waals surface area contributed by atoms with Crippen LogP contribution in [0.5, 0.6) is 0 Å². The second kappa shape index (κ2) is 10.9. The van der Waals surface area contributed by atoms with Crippen LogP contribution in [-0.4, -0.2) is 37.8 Å². The lowest BCUT2D eigenvalue weighted by molar-refractivity contribution is -0.142. The Bertz CT molecular complexity index is 1790. The maximum absolute atomic E-state index is 14.2. The minimum atomic E-state index is -4.81. The highest BCUT2D eigenvalue weighted by molar-refractivity contribution is 6.05. The number of benzene rings is 2. The van der Waals surface area contributed by atoms with Crippen molar-refractivity contribution in [2.75, 3.05) is 0 Å². The molecular formula is C30H23F6N5O3. The number of nitrogens with one attached hydrogen (secondary N) is 1. The summed E-state index contributed by atoms with van der Waals surface area (Å²) in [5, 5.41) is 17.6. The van der Waals surface area contributed by atoms with E-state index in [4.69, 9.17) is 5.73 Å². The third-order valence-corrected chi connectivity index (χ3v) is 7.80. The van der Waals surface area contributed by atoms with Gasteiger partial charge in [0.15, 0.2) is 11.5 Å². The molecule has 1 fully saturated rings. The number of carbonyl (C=O) groups is 2. The molecule has 3 unspecified atom stereocenters. The SMILES string of the molecule is NC(=O)c1cc(-c2cccnc2[C@H](Cc2cc(F)cc(F)c2)NC(O)Cn2nc(C(F)(F)F)c3c2C(=O)C2CC32)ccc1F. The Morgan fingerprint density at radius 3 is 2.50 bits per heavy atom. The van der Waals surface area contributed by atoms with E-state index in [0.29, 0.717) is 23.6 Å². The number of Topliss-reactive ketones (excluding diaryl/α,β-unsaturated/α-hetero) is 1. The van der Waals surface area contributed by atoms with E-state index >= 15 is 0 Å². The monoisotopic (exact) mass is 615 g/mol. The molecule has 14 heteroatoms. The zero-order chi connectivity index (χ0) is 31.5. The lowest BCUT2D eigenvalue weighted by Gasteiger charge is -2.25. The van der Waals surface area contributed by atoms with E-state index in [1.807, 2.05) is 0 Å². The number of hydrogen-bond donors (Lipinski definition) is 3. The van der Waals surface area contributed by atoms with E-state index in [0.717, 1.165) is 22.9 Å². The third-order valence-electron chi connectivity index (χ3n) is 7.80. The number of alkyl halides is 3. The average Bonchev–Trinajstić information content (AvgIpc) is 3.56. The van der Waals surface area contributed by atoms with E-state index in [-0.39, 0.29) is 28.9 Å². The van der Waals surface area contributed by atoms with Gasteiger partial charge in [-0.05, 0) is 60.2 Å². The molecule has 2 aliphatic carbocycles. The number of aromatic nitrogens is 3. The molecule has 228 valence electrons. The first-order chi connectivity index (χ1) is 20.8. The van der Waals surface area contributed by atoms with Crippen molar-refractivity contribution in [1.82, 2.24) is 20.1 Å². The van der Waals surface area contributed by atoms with Crippen molar-refractivity contribution >= 4 is 11.7 Å². The summed E-state index contributed by atoms with van der Waals surface area (Å²) >= 11 is 0. The molecule has 4 aromatic rings. The molecule has 2 heterocycles. The third kappa shape index (κ3) is 5.46. The molecular weight excluding hydrogens is 592 g/mol. The topological polar surface area (TPSA) is 123 Å². The number of primary amides is 1. The number of amides is 1. The number of aliphatic hydroxyl groups is 1. The first-order valence-corrected chi connectivity index (χ1v) is 13.5. The van der Waals surface area contributed by atoms with Gasteiger partial charge in [-0.15, -0.1) is 0 Å². The molecule has 44 heavy (non-hydrogen) atoms. The summed E-state index contributed by atoms with van der Waals surface area (Å²) in [5.41, 5.74) is 4.35. The van der Waals surface area contributed by atoms with E-state index in [2.05, 4.69) is 15.4 Å². The van der Waals surface area contributed by atoms with Gasteiger partial charge in [-0.25, -0.2) is 13.2 Å². The second-order valence-electron chi connectivity index (χ2n) is 10.8. The number of nitrogens with zero attached hydrogens (tertiary/aromatic N) is 3. The zero-order valence-electron chi connectivity index (χ0n) is 22.6. The van der Waals surface area contributed by atoms with Gasteiger partial charge in [0.05, 0.1) is 23.8 Å². The summed E-state index contributed by atoms with van der Waals surface area (Å²) in [7, 11) is 0. The quantitative estimate of drug-likeness (QED) is 0.186. The number of hydrogen-bond acceptors (Lipinski definition) is 6. The number of nitrogens with two attached hydrogens (primary N) is 1. The highest BCUT2D eigenvalue weighted by atomic mass is 19.4. The van der Waals surface area contributed by atoms with Crippen LogP contribution in [0.25, 0.3) is 11.1 Å². The number of pyridine rings is 1. The molecule has 2 aromatic heterocycles. The van der Waals surface area contributed by atoms with Crippen LogP contribution >= 0.6 is 0 Å². The highest BCUT2D eigenvalue weighted by Gasteiger charge is 2.58. The lowest BCUT2D eigenvalue weighted by Crippen LogP contribution is -2.38. The molecule has 0 aliphatic heterocycles. The summed E-state index contributed by atoms with van der Waals surface area (Å²) < 4.78 is 84.6. The minimum Gasteiger partial charge on any atom is -0.377 e. The first kappa shape index (κ1) is 29.5. The predicted octanol–water partition coefficient (Wildman–Crippen LogP) is 4.67. The van der Waals surface area contributed by atoms with Crippen LogP contribution in [0.2, 0.25) is 0 Å². The molecule has 0 spiro atoms. The summed E-state index contributed by atoms with van der Waals surface area (Å²) in [6.07, 6.45) is -4.90. The summed E-state index contributed by atoms with van der Waals surface area (Å²) in [5.74, 6) is -5.17. The van der Waals surface area contributed by atoms with Gasteiger partial charge in [-0.1, -0.05) is 12.1 Å². The minimum absolute atomic E-state index is 0.148. The average molecular weight is 616 g/mol. The van der Waals surface area contributed by atoms with Crippen LogP contribution < -0.4 is 11.1 Å². The molecule has 1 saturated carbocycles. The molecule has 2 aromatic carbocycles. The van der Waals surface area contributed by atoms with Crippen LogP contribution in [-0.2, 0) is 19.1 Å². The Labute approximate surface area is 245 Å². The molecule has 4 N–H and O–H groups in total. The van der Waals surface area contributed by atoms with Gasteiger partial charge in [0, 0.05) is 29.3 Å². The van der Waals surface area contributed by atoms with Crippen molar-refractivity contribution in [3.63, 3.8) is 0 Å². The lowest BCUT2D eigenvalue weighted by atomic mass is 9.94. The van der Waals surface area contributed by atoms with Gasteiger partial charge in [0.2, 0.25) is 0 Å². The fraction of sp³-hybridized carbons (Fsp3) is 0.267. The second-order valence-corrected chi connectivity index (χ2v) is 10.8. The van der Waals surface area contributed by atoms with Crippen LogP contribution in [0.4, 0.5) is 26.3 Å². The Kier molecular flexibility index (Phi) is 7.28. The van der Waals surface area contributed by atoms with Crippen molar-refractivity contribution in [3.05, 3.63) is 106 Å². The molecule has 4 atom stereocenters. The van der Waals surface area contributed by atoms with Gasteiger partial charge in [-0.2, -0.15) is 18.3 Å². The van der Waals surface area contributed by atoms with Crippen LogP contribution in [0.1, 0.15) is 61.7 Å².